The second kappa shape index (κ2) is 6.64. The van der Waals surface area contributed by atoms with Crippen molar-refractivity contribution in [2.75, 3.05) is 40.3 Å². The highest BCUT2D eigenvalue weighted by molar-refractivity contribution is 7.89. The predicted molar refractivity (Wildman–Crippen MR) is 78.6 cm³/mol. The molecule has 1 aromatic rings. The Balaban J connectivity index is 2.08. The summed E-state index contributed by atoms with van der Waals surface area (Å²) in [6.07, 6.45) is 0. The van der Waals surface area contributed by atoms with E-state index in [-0.39, 0.29) is 0 Å². The van der Waals surface area contributed by atoms with E-state index in [2.05, 4.69) is 15.0 Å². The number of hydrogen-bond acceptors (Lipinski definition) is 5. The van der Waals surface area contributed by atoms with Crippen LogP contribution in [0.2, 0.25) is 0 Å². The molecule has 0 amide bonds. The molecule has 0 bridgehead atoms. The van der Waals surface area contributed by atoms with Gasteiger partial charge in [0, 0.05) is 32.7 Å². The smallest absolute Gasteiger partial charge is 0.253 e. The highest BCUT2D eigenvalue weighted by atomic mass is 32.2. The molecule has 0 unspecified atom stereocenters. The Labute approximate surface area is 120 Å². The molecule has 2 N–H and O–H groups in total. The number of nitrogens with zero attached hydrogens (tertiary/aromatic N) is 2. The number of likely N-dealkylation sites (N-methyl/N-ethyl adjacent to an activating group) is 1. The van der Waals surface area contributed by atoms with Crippen molar-refractivity contribution in [2.45, 2.75) is 11.4 Å². The quantitative estimate of drug-likeness (QED) is 0.791. The molecule has 1 aromatic carbocycles. The van der Waals surface area contributed by atoms with Crippen molar-refractivity contribution in [2.24, 2.45) is 0 Å². The van der Waals surface area contributed by atoms with Crippen molar-refractivity contribution < 1.29 is 8.42 Å². The Morgan fingerprint density at radius 1 is 1.20 bits per heavy atom. The van der Waals surface area contributed by atoms with Gasteiger partial charge in [-0.2, -0.15) is 0 Å². The van der Waals surface area contributed by atoms with Gasteiger partial charge >= 0.3 is 0 Å². The Morgan fingerprint density at radius 2 is 1.90 bits per heavy atom. The highest BCUT2D eigenvalue weighted by Crippen LogP contribution is 2.12. The minimum absolute atomic E-state index is 0.309. The zero-order chi connectivity index (χ0) is 14.6. The van der Waals surface area contributed by atoms with Crippen molar-refractivity contribution in [3.8, 4) is 0 Å². The summed E-state index contributed by atoms with van der Waals surface area (Å²) in [5.74, 6) is 0. The maximum Gasteiger partial charge on any atom is 0.253 e. The molecule has 0 spiro atoms. The van der Waals surface area contributed by atoms with Crippen LogP contribution in [0.1, 0.15) is 5.56 Å². The summed E-state index contributed by atoms with van der Waals surface area (Å²) in [5, 5.41) is 4.78. The van der Waals surface area contributed by atoms with Gasteiger partial charge in [-0.25, -0.2) is 13.4 Å². The van der Waals surface area contributed by atoms with E-state index in [1.165, 1.54) is 0 Å². The summed E-state index contributed by atoms with van der Waals surface area (Å²) >= 11 is 0. The lowest BCUT2D eigenvalue weighted by Gasteiger charge is -2.32. The Bertz CT molecular complexity index is 539. The van der Waals surface area contributed by atoms with Crippen molar-refractivity contribution in [1.29, 1.82) is 0 Å². The van der Waals surface area contributed by atoms with Crippen LogP contribution in [0.3, 0.4) is 0 Å². The molecule has 1 aliphatic heterocycles. The van der Waals surface area contributed by atoms with Gasteiger partial charge in [0.05, 0.1) is 4.90 Å². The summed E-state index contributed by atoms with van der Waals surface area (Å²) in [6.45, 7) is 3.78. The number of piperazine rings is 1. The molecule has 0 radical (unpaired) electrons. The van der Waals surface area contributed by atoms with E-state index in [0.717, 1.165) is 18.7 Å². The third-order valence-corrected chi connectivity index (χ3v) is 4.72. The molecule has 0 atom stereocenters. The number of nitrogens with one attached hydrogen (secondary N) is 2. The number of sulfonamides is 1. The molecule has 6 nitrogen and oxygen atoms in total. The van der Waals surface area contributed by atoms with Crippen molar-refractivity contribution in [3.05, 3.63) is 29.8 Å². The third kappa shape index (κ3) is 4.00. The lowest BCUT2D eigenvalue weighted by molar-refractivity contribution is 0.135. The van der Waals surface area contributed by atoms with Crippen LogP contribution in [0.15, 0.2) is 29.2 Å². The van der Waals surface area contributed by atoms with Crippen LogP contribution >= 0.6 is 0 Å². The van der Waals surface area contributed by atoms with Crippen LogP contribution in [0, 0.1) is 0 Å². The average Bonchev–Trinajstić information content (AvgIpc) is 2.42. The van der Waals surface area contributed by atoms with Gasteiger partial charge in [0.15, 0.2) is 0 Å². The molecular weight excluding hydrogens is 276 g/mol. The third-order valence-electron chi connectivity index (χ3n) is 3.34. The van der Waals surface area contributed by atoms with Gasteiger partial charge in [0.2, 0.25) is 0 Å². The van der Waals surface area contributed by atoms with Crippen LogP contribution in [0.25, 0.3) is 0 Å². The second-order valence-electron chi connectivity index (χ2n) is 5.06. The zero-order valence-corrected chi connectivity index (χ0v) is 12.8. The summed E-state index contributed by atoms with van der Waals surface area (Å²) in [4.78, 5) is 5.15. The summed E-state index contributed by atoms with van der Waals surface area (Å²) in [7, 11) is 0.383. The molecule has 1 fully saturated rings. The van der Waals surface area contributed by atoms with E-state index in [4.69, 9.17) is 0 Å². The monoisotopic (exact) mass is 298 g/mol. The van der Waals surface area contributed by atoms with Crippen LogP contribution in [-0.4, -0.2) is 58.6 Å². The standard InChI is InChI=1S/C13H22N4O2S/c1-14-11-12-4-3-5-13(10-12)20(18,19)15-17-8-6-16(2)7-9-17/h3-5,10,14-15H,6-9,11H2,1-2H3. The molecular formula is C13H22N4O2S. The molecule has 2 rings (SSSR count). The summed E-state index contributed by atoms with van der Waals surface area (Å²) in [6, 6.07) is 7.00. The van der Waals surface area contributed by atoms with Gasteiger partial charge < -0.3 is 10.2 Å². The molecule has 7 heteroatoms. The number of benzene rings is 1. The largest absolute Gasteiger partial charge is 0.316 e. The average molecular weight is 298 g/mol. The number of rotatable bonds is 5. The van der Waals surface area contributed by atoms with E-state index in [9.17, 15) is 8.42 Å². The maximum atomic E-state index is 12.4. The zero-order valence-electron chi connectivity index (χ0n) is 12.0. The van der Waals surface area contributed by atoms with E-state index in [0.29, 0.717) is 24.5 Å². The normalized spacial score (nSPS) is 18.3. The van der Waals surface area contributed by atoms with Crippen LogP contribution in [0.5, 0.6) is 0 Å². The van der Waals surface area contributed by atoms with Gasteiger partial charge in [0.1, 0.15) is 0 Å². The van der Waals surface area contributed by atoms with Crippen molar-refractivity contribution in [3.63, 3.8) is 0 Å². The van der Waals surface area contributed by atoms with Crippen LogP contribution < -0.4 is 10.1 Å². The van der Waals surface area contributed by atoms with Crippen LogP contribution in [-0.2, 0) is 16.6 Å². The first-order chi connectivity index (χ1) is 9.51. The lowest BCUT2D eigenvalue weighted by atomic mass is 10.2. The van der Waals surface area contributed by atoms with E-state index >= 15 is 0 Å². The predicted octanol–water partition coefficient (Wildman–Crippen LogP) is -0.153. The minimum Gasteiger partial charge on any atom is -0.316 e. The van der Waals surface area contributed by atoms with Crippen LogP contribution in [0.4, 0.5) is 0 Å². The van der Waals surface area contributed by atoms with Gasteiger partial charge in [-0.15, -0.1) is 4.83 Å². The van der Waals surface area contributed by atoms with E-state index in [1.807, 2.05) is 20.2 Å². The summed E-state index contributed by atoms with van der Waals surface area (Å²) in [5.41, 5.74) is 0.953. The van der Waals surface area contributed by atoms with E-state index in [1.54, 1.807) is 23.2 Å². The maximum absolute atomic E-state index is 12.4. The minimum atomic E-state index is -3.49. The van der Waals surface area contributed by atoms with Gasteiger partial charge in [-0.3, -0.25) is 0 Å². The molecule has 112 valence electrons. The number of hydrazine groups is 1. The van der Waals surface area contributed by atoms with Gasteiger partial charge in [-0.05, 0) is 31.8 Å². The molecule has 0 saturated carbocycles. The lowest BCUT2D eigenvalue weighted by Crippen LogP contribution is -2.52. The Morgan fingerprint density at radius 3 is 2.55 bits per heavy atom. The molecule has 1 saturated heterocycles. The second-order valence-corrected chi connectivity index (χ2v) is 6.72. The topological polar surface area (TPSA) is 64.7 Å². The molecule has 20 heavy (non-hydrogen) atoms. The Kier molecular flexibility index (Phi) is 5.11. The fourth-order valence-corrected chi connectivity index (χ4v) is 3.34. The van der Waals surface area contributed by atoms with Crippen molar-refractivity contribution >= 4 is 10.0 Å². The number of hydrogen-bond donors (Lipinski definition) is 2. The fraction of sp³-hybridized carbons (Fsp3) is 0.538. The first-order valence-corrected chi connectivity index (χ1v) is 8.19. The van der Waals surface area contributed by atoms with Crippen molar-refractivity contribution in [1.82, 2.24) is 20.1 Å². The van der Waals surface area contributed by atoms with E-state index < -0.39 is 10.0 Å². The first kappa shape index (κ1) is 15.4. The SMILES string of the molecule is CNCc1cccc(S(=O)(=O)NN2CCN(C)CC2)c1. The molecule has 0 aromatic heterocycles. The fourth-order valence-electron chi connectivity index (χ4n) is 2.15. The van der Waals surface area contributed by atoms with Gasteiger partial charge in [0.25, 0.3) is 10.0 Å². The van der Waals surface area contributed by atoms with Gasteiger partial charge in [-0.1, -0.05) is 12.1 Å². The molecule has 1 aliphatic rings. The summed E-state index contributed by atoms with van der Waals surface area (Å²) < 4.78 is 24.7. The highest BCUT2D eigenvalue weighted by Gasteiger charge is 2.21. The molecule has 1 heterocycles. The Hall–Kier alpha value is -0.990. The first-order valence-electron chi connectivity index (χ1n) is 6.71. The molecule has 0 aliphatic carbocycles.